The van der Waals surface area contributed by atoms with Crippen LogP contribution in [0.15, 0.2) is 36.7 Å². The van der Waals surface area contributed by atoms with Crippen molar-refractivity contribution in [1.29, 1.82) is 0 Å². The smallest absolute Gasteiger partial charge is 0.254 e. The average Bonchev–Trinajstić information content (AvgIpc) is 2.90. The Morgan fingerprint density at radius 3 is 2.95 bits per heavy atom. The van der Waals surface area contributed by atoms with E-state index in [0.29, 0.717) is 17.3 Å². The summed E-state index contributed by atoms with van der Waals surface area (Å²) in [6.45, 7) is 2.08. The van der Waals surface area contributed by atoms with Gasteiger partial charge in [-0.2, -0.15) is 14.6 Å². The number of hydrogen-bond acceptors (Lipinski definition) is 4. The quantitative estimate of drug-likeness (QED) is 0.792. The fourth-order valence-corrected chi connectivity index (χ4v) is 2.04. The lowest BCUT2D eigenvalue weighted by molar-refractivity contribution is 0.631. The zero-order chi connectivity index (χ0) is 13.9. The van der Waals surface area contributed by atoms with Crippen molar-refractivity contribution >= 4 is 17.3 Å². The van der Waals surface area contributed by atoms with Gasteiger partial charge in [0.15, 0.2) is 0 Å². The first kappa shape index (κ1) is 12.5. The molecule has 0 atom stereocenters. The van der Waals surface area contributed by atoms with Gasteiger partial charge >= 0.3 is 0 Å². The summed E-state index contributed by atoms with van der Waals surface area (Å²) in [6.07, 6.45) is 3.26. The van der Waals surface area contributed by atoms with Gasteiger partial charge in [0, 0.05) is 11.8 Å². The topological polar surface area (TPSA) is 55.1 Å². The first-order valence-electron chi connectivity index (χ1n) is 6.49. The predicted molar refractivity (Wildman–Crippen MR) is 74.5 cm³/mol. The Labute approximate surface area is 115 Å². The molecular weight excluding hydrogens is 257 g/mol. The first-order chi connectivity index (χ1) is 9.78. The van der Waals surface area contributed by atoms with Crippen LogP contribution in [0.5, 0.6) is 0 Å². The summed E-state index contributed by atoms with van der Waals surface area (Å²) in [6, 6.07) is 8.39. The fraction of sp³-hybridized carbons (Fsp3) is 0.214. The molecule has 0 radical (unpaired) electrons. The van der Waals surface area contributed by atoms with Gasteiger partial charge in [-0.15, -0.1) is 0 Å². The number of benzene rings is 1. The molecular formula is C14H14FN5. The molecule has 0 amide bonds. The Kier molecular flexibility index (Phi) is 3.28. The van der Waals surface area contributed by atoms with Crippen molar-refractivity contribution in [2.24, 2.45) is 0 Å². The highest BCUT2D eigenvalue weighted by Gasteiger charge is 2.09. The van der Waals surface area contributed by atoms with Gasteiger partial charge in [0.2, 0.25) is 0 Å². The van der Waals surface area contributed by atoms with Crippen LogP contribution in [0.3, 0.4) is 0 Å². The molecule has 5 nitrogen and oxygen atoms in total. The van der Waals surface area contributed by atoms with Crippen LogP contribution in [0, 0.1) is 5.82 Å². The van der Waals surface area contributed by atoms with Crippen LogP contribution < -0.4 is 5.32 Å². The number of aromatic nitrogens is 4. The molecule has 20 heavy (non-hydrogen) atoms. The van der Waals surface area contributed by atoms with E-state index in [9.17, 15) is 4.39 Å². The third kappa shape index (κ3) is 2.32. The Bertz CT molecular complexity index is 737. The minimum atomic E-state index is -0.311. The number of rotatable bonds is 4. The minimum Gasteiger partial charge on any atom is -0.338 e. The van der Waals surface area contributed by atoms with Crippen molar-refractivity contribution in [1.82, 2.24) is 19.6 Å². The van der Waals surface area contributed by atoms with Crippen molar-refractivity contribution < 1.29 is 4.39 Å². The molecule has 2 heterocycles. The van der Waals surface area contributed by atoms with Crippen molar-refractivity contribution in [2.75, 3.05) is 5.32 Å². The Morgan fingerprint density at radius 2 is 2.15 bits per heavy atom. The second-order valence-electron chi connectivity index (χ2n) is 4.46. The van der Waals surface area contributed by atoms with Crippen molar-refractivity contribution in [3.05, 3.63) is 48.2 Å². The van der Waals surface area contributed by atoms with Crippen molar-refractivity contribution in [3.8, 4) is 0 Å². The standard InChI is InChI=1S/C14H14FN5/c1-2-5-10-8-13(20-14(18-10)16-9-17-20)19-12-7-4-3-6-11(12)15/h3-4,6-9,19H,2,5H2,1H3. The highest BCUT2D eigenvalue weighted by molar-refractivity contribution is 5.59. The summed E-state index contributed by atoms with van der Waals surface area (Å²) in [5.74, 6) is 0.852. The molecule has 0 aliphatic carbocycles. The molecule has 0 bridgehead atoms. The average molecular weight is 271 g/mol. The Morgan fingerprint density at radius 1 is 1.30 bits per heavy atom. The molecule has 3 aromatic rings. The van der Waals surface area contributed by atoms with Crippen LogP contribution in [0.1, 0.15) is 19.0 Å². The zero-order valence-corrected chi connectivity index (χ0v) is 11.0. The number of hydrogen-bond donors (Lipinski definition) is 1. The molecule has 0 spiro atoms. The number of para-hydroxylation sites is 1. The van der Waals surface area contributed by atoms with E-state index in [1.165, 1.54) is 12.4 Å². The number of anilines is 2. The molecule has 102 valence electrons. The molecule has 0 unspecified atom stereocenters. The second-order valence-corrected chi connectivity index (χ2v) is 4.46. The van der Waals surface area contributed by atoms with Gasteiger partial charge in [0.1, 0.15) is 18.0 Å². The van der Waals surface area contributed by atoms with E-state index in [4.69, 9.17) is 0 Å². The van der Waals surface area contributed by atoms with Crippen molar-refractivity contribution in [2.45, 2.75) is 19.8 Å². The lowest BCUT2D eigenvalue weighted by Gasteiger charge is -2.10. The summed E-state index contributed by atoms with van der Waals surface area (Å²) in [5, 5.41) is 7.15. The minimum absolute atomic E-state index is 0.311. The monoisotopic (exact) mass is 271 g/mol. The van der Waals surface area contributed by atoms with Crippen LogP contribution in [0.4, 0.5) is 15.9 Å². The normalized spacial score (nSPS) is 10.9. The highest BCUT2D eigenvalue weighted by Crippen LogP contribution is 2.20. The van der Waals surface area contributed by atoms with E-state index < -0.39 is 0 Å². The summed E-state index contributed by atoms with van der Waals surface area (Å²) in [5.41, 5.74) is 1.31. The predicted octanol–water partition coefficient (Wildman–Crippen LogP) is 2.96. The molecule has 3 rings (SSSR count). The SMILES string of the molecule is CCCc1cc(Nc2ccccc2F)n2ncnc2n1. The zero-order valence-electron chi connectivity index (χ0n) is 11.0. The van der Waals surface area contributed by atoms with E-state index in [0.717, 1.165) is 18.5 Å². The molecule has 0 aliphatic rings. The molecule has 6 heteroatoms. The maximum Gasteiger partial charge on any atom is 0.254 e. The third-order valence-corrected chi connectivity index (χ3v) is 2.95. The number of nitrogens with one attached hydrogen (secondary N) is 1. The van der Waals surface area contributed by atoms with Crippen molar-refractivity contribution in [3.63, 3.8) is 0 Å². The second kappa shape index (κ2) is 5.24. The fourth-order valence-electron chi connectivity index (χ4n) is 2.04. The largest absolute Gasteiger partial charge is 0.338 e. The van der Waals surface area contributed by atoms with Gasteiger partial charge in [-0.1, -0.05) is 25.5 Å². The molecule has 0 aliphatic heterocycles. The van der Waals surface area contributed by atoms with Gasteiger partial charge in [0.05, 0.1) is 5.69 Å². The van der Waals surface area contributed by atoms with E-state index in [1.807, 2.05) is 6.07 Å². The number of aryl methyl sites for hydroxylation is 1. The van der Waals surface area contributed by atoms with Crippen LogP contribution >= 0.6 is 0 Å². The molecule has 0 fully saturated rings. The van der Waals surface area contributed by atoms with E-state index in [-0.39, 0.29) is 5.82 Å². The van der Waals surface area contributed by atoms with Crippen LogP contribution in [0.25, 0.3) is 5.78 Å². The summed E-state index contributed by atoms with van der Waals surface area (Å²) in [7, 11) is 0. The van der Waals surface area contributed by atoms with Gasteiger partial charge in [0.25, 0.3) is 5.78 Å². The maximum atomic E-state index is 13.7. The molecule has 2 aromatic heterocycles. The number of fused-ring (bicyclic) bond motifs is 1. The first-order valence-corrected chi connectivity index (χ1v) is 6.49. The molecule has 0 saturated heterocycles. The third-order valence-electron chi connectivity index (χ3n) is 2.95. The van der Waals surface area contributed by atoms with E-state index in [2.05, 4.69) is 27.3 Å². The van der Waals surface area contributed by atoms with Crippen LogP contribution in [-0.2, 0) is 6.42 Å². The maximum absolute atomic E-state index is 13.7. The van der Waals surface area contributed by atoms with Gasteiger partial charge in [-0.3, -0.25) is 0 Å². The van der Waals surface area contributed by atoms with Gasteiger partial charge in [-0.25, -0.2) is 9.37 Å². The number of halogens is 1. The lowest BCUT2D eigenvalue weighted by Crippen LogP contribution is -2.05. The van der Waals surface area contributed by atoms with E-state index in [1.54, 1.807) is 22.7 Å². The van der Waals surface area contributed by atoms with Crippen LogP contribution in [-0.4, -0.2) is 19.6 Å². The molecule has 1 N–H and O–H groups in total. The summed E-state index contributed by atoms with van der Waals surface area (Å²) < 4.78 is 15.3. The molecule has 1 aromatic carbocycles. The summed E-state index contributed by atoms with van der Waals surface area (Å²) in [4.78, 5) is 8.50. The Hall–Kier alpha value is -2.50. The molecule has 0 saturated carbocycles. The highest BCUT2D eigenvalue weighted by atomic mass is 19.1. The number of nitrogens with zero attached hydrogens (tertiary/aromatic N) is 4. The lowest BCUT2D eigenvalue weighted by atomic mass is 10.2. The van der Waals surface area contributed by atoms with E-state index >= 15 is 0 Å². The van der Waals surface area contributed by atoms with Crippen LogP contribution in [0.2, 0.25) is 0 Å². The Balaban J connectivity index is 2.05. The van der Waals surface area contributed by atoms with Gasteiger partial charge < -0.3 is 5.32 Å². The van der Waals surface area contributed by atoms with Gasteiger partial charge in [-0.05, 0) is 18.6 Å². The summed E-state index contributed by atoms with van der Waals surface area (Å²) >= 11 is 0.